The minimum atomic E-state index is 0.116. The Morgan fingerprint density at radius 1 is 1.29 bits per heavy atom. The second kappa shape index (κ2) is 6.31. The Morgan fingerprint density at radius 3 is 2.76 bits per heavy atom. The molecule has 0 saturated carbocycles. The molecule has 112 valence electrons. The average molecular weight is 285 g/mol. The number of hydrogen-bond acceptors (Lipinski definition) is 4. The topological polar surface area (TPSA) is 41.3 Å². The van der Waals surface area contributed by atoms with Crippen molar-refractivity contribution < 1.29 is 4.42 Å². The van der Waals surface area contributed by atoms with Gasteiger partial charge in [-0.05, 0) is 38.3 Å². The molecule has 1 N–H and O–H groups in total. The summed E-state index contributed by atoms with van der Waals surface area (Å²) in [5, 5.41) is 3.51. The Labute approximate surface area is 126 Å². The Balaban J connectivity index is 1.67. The van der Waals surface area contributed by atoms with Crippen LogP contribution < -0.4 is 10.2 Å². The average Bonchev–Trinajstić information content (AvgIpc) is 3.16. The van der Waals surface area contributed by atoms with Gasteiger partial charge in [0.2, 0.25) is 5.89 Å². The zero-order valence-corrected chi connectivity index (χ0v) is 12.8. The summed E-state index contributed by atoms with van der Waals surface area (Å²) in [7, 11) is 0. The molecular weight excluding hydrogens is 262 g/mol. The van der Waals surface area contributed by atoms with Crippen molar-refractivity contribution in [2.45, 2.75) is 39.3 Å². The predicted octanol–water partition coefficient (Wildman–Crippen LogP) is 3.43. The van der Waals surface area contributed by atoms with Crippen LogP contribution in [0.1, 0.15) is 43.0 Å². The zero-order chi connectivity index (χ0) is 14.7. The van der Waals surface area contributed by atoms with Crippen molar-refractivity contribution in [1.29, 1.82) is 0 Å². The van der Waals surface area contributed by atoms with Crippen LogP contribution in [0.4, 0.5) is 5.69 Å². The summed E-state index contributed by atoms with van der Waals surface area (Å²) in [5.41, 5.74) is 2.70. The van der Waals surface area contributed by atoms with Crippen molar-refractivity contribution in [2.24, 2.45) is 0 Å². The van der Waals surface area contributed by atoms with E-state index in [0.29, 0.717) is 0 Å². The van der Waals surface area contributed by atoms with Crippen molar-refractivity contribution in [3.8, 4) is 0 Å². The highest BCUT2D eigenvalue weighted by Gasteiger charge is 2.16. The summed E-state index contributed by atoms with van der Waals surface area (Å²) in [4.78, 5) is 6.77. The molecule has 2 heterocycles. The smallest absolute Gasteiger partial charge is 0.211 e. The molecule has 1 saturated heterocycles. The summed E-state index contributed by atoms with van der Waals surface area (Å²) in [6, 6.07) is 8.77. The number of nitrogens with one attached hydrogen (secondary N) is 1. The van der Waals surface area contributed by atoms with Gasteiger partial charge in [-0.15, -0.1) is 0 Å². The van der Waals surface area contributed by atoms with Gasteiger partial charge in [0.25, 0.3) is 0 Å². The first-order valence-corrected chi connectivity index (χ1v) is 7.72. The quantitative estimate of drug-likeness (QED) is 0.913. The second-order valence-electron chi connectivity index (χ2n) is 5.73. The van der Waals surface area contributed by atoms with Crippen molar-refractivity contribution >= 4 is 5.69 Å². The van der Waals surface area contributed by atoms with Gasteiger partial charge in [0, 0.05) is 25.3 Å². The van der Waals surface area contributed by atoms with Gasteiger partial charge in [-0.2, -0.15) is 0 Å². The SMILES string of the molecule is Cc1cnc(C(C)NCc2ccccc2N2CCCC2)o1. The molecule has 0 aliphatic carbocycles. The number of hydrogen-bond donors (Lipinski definition) is 1. The molecule has 0 radical (unpaired) electrons. The molecule has 4 heteroatoms. The highest BCUT2D eigenvalue weighted by atomic mass is 16.4. The number of aromatic nitrogens is 1. The normalized spacial score (nSPS) is 16.4. The van der Waals surface area contributed by atoms with Crippen LogP contribution in [0.5, 0.6) is 0 Å². The zero-order valence-electron chi connectivity index (χ0n) is 12.8. The van der Waals surface area contributed by atoms with Gasteiger partial charge in [-0.1, -0.05) is 18.2 Å². The van der Waals surface area contributed by atoms with Gasteiger partial charge in [0.1, 0.15) is 5.76 Å². The molecule has 0 bridgehead atoms. The Bertz CT molecular complexity index is 587. The van der Waals surface area contributed by atoms with Crippen LogP contribution in [0, 0.1) is 6.92 Å². The van der Waals surface area contributed by atoms with E-state index >= 15 is 0 Å². The second-order valence-corrected chi connectivity index (χ2v) is 5.73. The molecule has 1 aromatic heterocycles. The van der Waals surface area contributed by atoms with Gasteiger partial charge >= 0.3 is 0 Å². The first kappa shape index (κ1) is 14.1. The molecule has 21 heavy (non-hydrogen) atoms. The number of benzene rings is 1. The van der Waals surface area contributed by atoms with E-state index in [9.17, 15) is 0 Å². The van der Waals surface area contributed by atoms with E-state index in [-0.39, 0.29) is 6.04 Å². The minimum absolute atomic E-state index is 0.116. The van der Waals surface area contributed by atoms with E-state index in [2.05, 4.69) is 46.4 Å². The van der Waals surface area contributed by atoms with Crippen LogP contribution >= 0.6 is 0 Å². The van der Waals surface area contributed by atoms with Gasteiger partial charge < -0.3 is 14.6 Å². The number of rotatable bonds is 5. The van der Waals surface area contributed by atoms with E-state index in [1.807, 2.05) is 6.92 Å². The summed E-state index contributed by atoms with van der Waals surface area (Å²) in [6.07, 6.45) is 4.37. The molecule has 0 spiro atoms. The maximum atomic E-state index is 5.58. The van der Waals surface area contributed by atoms with Crippen LogP contribution in [0.25, 0.3) is 0 Å². The lowest BCUT2D eigenvalue weighted by Crippen LogP contribution is -2.23. The van der Waals surface area contributed by atoms with Crippen LogP contribution in [0.3, 0.4) is 0 Å². The number of aryl methyl sites for hydroxylation is 1. The Kier molecular flexibility index (Phi) is 4.25. The number of oxazole rings is 1. The monoisotopic (exact) mass is 285 g/mol. The molecule has 1 aliphatic rings. The maximum Gasteiger partial charge on any atom is 0.211 e. The Morgan fingerprint density at radius 2 is 2.05 bits per heavy atom. The van der Waals surface area contributed by atoms with Crippen molar-refractivity contribution in [3.63, 3.8) is 0 Å². The first-order valence-electron chi connectivity index (χ1n) is 7.72. The number of para-hydroxylation sites is 1. The summed E-state index contributed by atoms with van der Waals surface area (Å²) in [5.74, 6) is 1.61. The molecule has 1 unspecified atom stereocenters. The van der Waals surface area contributed by atoms with Crippen LogP contribution in [0.15, 0.2) is 34.9 Å². The van der Waals surface area contributed by atoms with Crippen LogP contribution in [-0.2, 0) is 6.54 Å². The van der Waals surface area contributed by atoms with Crippen molar-refractivity contribution in [3.05, 3.63) is 47.7 Å². The fraction of sp³-hybridized carbons (Fsp3) is 0.471. The number of nitrogens with zero attached hydrogens (tertiary/aromatic N) is 2. The third-order valence-electron chi connectivity index (χ3n) is 4.05. The van der Waals surface area contributed by atoms with E-state index < -0.39 is 0 Å². The summed E-state index contributed by atoms with van der Waals surface area (Å²) in [6.45, 7) is 7.18. The largest absolute Gasteiger partial charge is 0.444 e. The van der Waals surface area contributed by atoms with Crippen LogP contribution in [0.2, 0.25) is 0 Å². The predicted molar refractivity (Wildman–Crippen MR) is 84.4 cm³/mol. The molecule has 4 nitrogen and oxygen atoms in total. The molecule has 1 fully saturated rings. The molecule has 3 rings (SSSR count). The minimum Gasteiger partial charge on any atom is -0.444 e. The van der Waals surface area contributed by atoms with Gasteiger partial charge in [0.05, 0.1) is 12.2 Å². The highest BCUT2D eigenvalue weighted by Crippen LogP contribution is 2.25. The molecular formula is C17H23N3O. The highest BCUT2D eigenvalue weighted by molar-refractivity contribution is 5.54. The van der Waals surface area contributed by atoms with E-state index in [1.165, 1.54) is 37.2 Å². The Hall–Kier alpha value is -1.81. The third kappa shape index (κ3) is 3.27. The van der Waals surface area contributed by atoms with E-state index in [0.717, 1.165) is 18.2 Å². The third-order valence-corrected chi connectivity index (χ3v) is 4.05. The fourth-order valence-electron chi connectivity index (χ4n) is 2.85. The molecule has 1 aromatic carbocycles. The first-order chi connectivity index (χ1) is 10.2. The van der Waals surface area contributed by atoms with Gasteiger partial charge in [-0.25, -0.2) is 4.98 Å². The maximum absolute atomic E-state index is 5.58. The lowest BCUT2D eigenvalue weighted by atomic mass is 10.1. The molecule has 0 amide bonds. The number of anilines is 1. The van der Waals surface area contributed by atoms with Gasteiger partial charge in [0.15, 0.2) is 0 Å². The lowest BCUT2D eigenvalue weighted by Gasteiger charge is -2.22. The summed E-state index contributed by atoms with van der Waals surface area (Å²) >= 11 is 0. The molecule has 1 atom stereocenters. The van der Waals surface area contributed by atoms with Gasteiger partial charge in [-0.3, -0.25) is 0 Å². The van der Waals surface area contributed by atoms with Crippen molar-refractivity contribution in [2.75, 3.05) is 18.0 Å². The van der Waals surface area contributed by atoms with Crippen LogP contribution in [-0.4, -0.2) is 18.1 Å². The fourth-order valence-corrected chi connectivity index (χ4v) is 2.85. The standard InChI is InChI=1S/C17H23N3O/c1-13-11-19-17(21-13)14(2)18-12-15-7-3-4-8-16(15)20-9-5-6-10-20/h3-4,7-8,11,14,18H,5-6,9-10,12H2,1-2H3. The lowest BCUT2D eigenvalue weighted by molar-refractivity contribution is 0.402. The van der Waals surface area contributed by atoms with E-state index in [4.69, 9.17) is 4.42 Å². The van der Waals surface area contributed by atoms with E-state index in [1.54, 1.807) is 6.20 Å². The summed E-state index contributed by atoms with van der Waals surface area (Å²) < 4.78 is 5.58. The molecule has 2 aromatic rings. The molecule has 1 aliphatic heterocycles. The van der Waals surface area contributed by atoms with Crippen molar-refractivity contribution in [1.82, 2.24) is 10.3 Å².